The summed E-state index contributed by atoms with van der Waals surface area (Å²) >= 11 is 0. The second-order valence-corrected chi connectivity index (χ2v) is 13.9. The smallest absolute Gasteiger partial charge is 0.253 e. The summed E-state index contributed by atoms with van der Waals surface area (Å²) in [6, 6.07) is 9.50. The lowest BCUT2D eigenvalue weighted by atomic mass is 9.49. The Hall–Kier alpha value is -3.60. The van der Waals surface area contributed by atoms with E-state index in [9.17, 15) is 19.8 Å². The van der Waals surface area contributed by atoms with Crippen LogP contribution in [0.25, 0.3) is 10.9 Å². The number of aliphatic hydroxyl groups is 1. The Kier molecular flexibility index (Phi) is 6.89. The lowest BCUT2D eigenvalue weighted by Gasteiger charge is -2.62. The largest absolute Gasteiger partial charge is 0.504 e. The first-order valence-corrected chi connectivity index (χ1v) is 16.7. The third-order valence-corrected chi connectivity index (χ3v) is 11.3. The topological polar surface area (TPSA) is 153 Å². The van der Waals surface area contributed by atoms with Crippen molar-refractivity contribution in [3.63, 3.8) is 0 Å². The summed E-state index contributed by atoms with van der Waals surface area (Å²) in [5.41, 5.74) is 9.06. The summed E-state index contributed by atoms with van der Waals surface area (Å²) in [6.45, 7) is 3.35. The number of hydrogen-bond donors (Lipinski definition) is 6. The number of aromatic amines is 1. The number of benzene rings is 2. The minimum atomic E-state index is -1.07. The summed E-state index contributed by atoms with van der Waals surface area (Å²) in [7, 11) is 0. The quantitative estimate of drug-likeness (QED) is 0.182. The van der Waals surface area contributed by atoms with Gasteiger partial charge in [0.15, 0.2) is 17.6 Å². The molecule has 1 saturated carbocycles. The number of likely N-dealkylation sites (tertiary alicyclic amines) is 1. The van der Waals surface area contributed by atoms with Crippen molar-refractivity contribution in [2.45, 2.75) is 80.9 Å². The Bertz CT molecular complexity index is 1680. The highest BCUT2D eigenvalue weighted by atomic mass is 16.5. The number of carbonyl (C=O) groups is 2. The first kappa shape index (κ1) is 28.8. The minimum absolute atomic E-state index is 0.0104. The molecule has 238 valence electrons. The third-order valence-electron chi connectivity index (χ3n) is 11.3. The molecule has 1 aromatic heterocycles. The van der Waals surface area contributed by atoms with Crippen molar-refractivity contribution in [1.29, 1.82) is 0 Å². The molecule has 1 saturated heterocycles. The van der Waals surface area contributed by atoms with Gasteiger partial charge in [-0.3, -0.25) is 14.5 Å². The zero-order valence-electron chi connectivity index (χ0n) is 25.7. The Labute approximate surface area is 262 Å². The van der Waals surface area contributed by atoms with Gasteiger partial charge in [0, 0.05) is 56.0 Å². The maximum Gasteiger partial charge on any atom is 0.253 e. The van der Waals surface area contributed by atoms with E-state index in [1.54, 1.807) is 6.07 Å². The van der Waals surface area contributed by atoms with Crippen LogP contribution in [0.2, 0.25) is 0 Å². The number of phenols is 1. The number of nitrogens with two attached hydrogens (primary N) is 1. The number of ether oxygens (including phenoxy) is 1. The molecule has 2 fully saturated rings. The molecule has 5 aliphatic rings. The zero-order valence-corrected chi connectivity index (χ0v) is 25.7. The van der Waals surface area contributed by atoms with Gasteiger partial charge in [-0.15, -0.1) is 0 Å². The van der Waals surface area contributed by atoms with Crippen molar-refractivity contribution in [2.24, 2.45) is 11.7 Å². The molecule has 2 aromatic carbocycles. The highest BCUT2D eigenvalue weighted by molar-refractivity contribution is 6.07. The van der Waals surface area contributed by atoms with Gasteiger partial charge in [-0.1, -0.05) is 24.6 Å². The molecule has 0 radical (unpaired) electrons. The van der Waals surface area contributed by atoms with E-state index in [1.165, 1.54) is 12.8 Å². The molecule has 10 nitrogen and oxygen atoms in total. The van der Waals surface area contributed by atoms with Gasteiger partial charge in [0.05, 0.1) is 27.8 Å². The molecular weight excluding hydrogens is 570 g/mol. The normalized spacial score (nSPS) is 27.5. The maximum atomic E-state index is 13.5. The van der Waals surface area contributed by atoms with Gasteiger partial charge < -0.3 is 36.3 Å². The van der Waals surface area contributed by atoms with E-state index in [1.807, 2.05) is 24.3 Å². The van der Waals surface area contributed by atoms with Gasteiger partial charge in [0.25, 0.3) is 5.91 Å². The molecular formula is C35H43N5O5. The van der Waals surface area contributed by atoms with E-state index in [0.717, 1.165) is 78.5 Å². The lowest BCUT2D eigenvalue weighted by Crippen LogP contribution is -2.74. The van der Waals surface area contributed by atoms with Gasteiger partial charge in [0.1, 0.15) is 0 Å². The first-order valence-electron chi connectivity index (χ1n) is 16.7. The molecule has 2 unspecified atom stereocenters. The molecule has 2 aliphatic heterocycles. The van der Waals surface area contributed by atoms with Crippen LogP contribution < -0.4 is 21.1 Å². The number of hydrogen-bond acceptors (Lipinski definition) is 7. The highest BCUT2D eigenvalue weighted by Crippen LogP contribution is 2.69. The highest BCUT2D eigenvalue weighted by Gasteiger charge is 2.72. The number of H-pyrrole nitrogens is 1. The Morgan fingerprint density at radius 3 is 2.80 bits per heavy atom. The predicted octanol–water partition coefficient (Wildman–Crippen LogP) is 2.94. The van der Waals surface area contributed by atoms with Gasteiger partial charge in [-0.2, -0.15) is 0 Å². The molecule has 3 aromatic rings. The monoisotopic (exact) mass is 613 g/mol. The number of fused-ring (bicyclic) bond motifs is 4. The molecule has 8 rings (SSSR count). The summed E-state index contributed by atoms with van der Waals surface area (Å²) in [5.74, 6) is 1.19. The van der Waals surface area contributed by atoms with Crippen molar-refractivity contribution in [2.75, 3.05) is 32.7 Å². The second-order valence-electron chi connectivity index (χ2n) is 13.9. The maximum absolute atomic E-state index is 13.5. The van der Waals surface area contributed by atoms with E-state index in [0.29, 0.717) is 49.7 Å². The number of nitrogens with one attached hydrogen (secondary N) is 3. The fourth-order valence-electron chi connectivity index (χ4n) is 9.02. The molecule has 7 N–H and O–H groups in total. The van der Waals surface area contributed by atoms with Crippen molar-refractivity contribution in [1.82, 2.24) is 20.5 Å². The molecule has 10 heteroatoms. The van der Waals surface area contributed by atoms with Crippen molar-refractivity contribution in [3.8, 4) is 11.5 Å². The van der Waals surface area contributed by atoms with Crippen LogP contribution in [0.5, 0.6) is 11.5 Å². The van der Waals surface area contributed by atoms with E-state index in [-0.39, 0.29) is 23.6 Å². The summed E-state index contributed by atoms with van der Waals surface area (Å²) < 4.78 is 6.71. The van der Waals surface area contributed by atoms with Crippen LogP contribution in [-0.2, 0) is 23.1 Å². The number of aromatic nitrogens is 1. The standard InChI is InChI=1S/C35H43N5O5/c36-13-15-37-27(42)7-2-1-3-14-38-33(43)23-6-4-5-22-24-18-35(44)26-17-21-10-11-25(41)31-28(21)34(35,12-16-40(26)19-20-8-9-20)32(45-31)30(24)39-29(22)23/h4-6,10-11,20,26,32,39,41,44H,1-3,7-9,12-19,36H2,(H,37,42)(H,38,43)/t26?,32-,34?,35+/m0/s1. The Morgan fingerprint density at radius 1 is 1.11 bits per heavy atom. The predicted molar refractivity (Wildman–Crippen MR) is 169 cm³/mol. The number of unbranched alkanes of at least 4 members (excludes halogenated alkanes) is 2. The number of piperidine rings is 1. The Balaban J connectivity index is 1.09. The molecule has 1 spiro atoms. The van der Waals surface area contributed by atoms with E-state index < -0.39 is 17.1 Å². The van der Waals surface area contributed by atoms with E-state index in [2.05, 4.69) is 20.5 Å². The van der Waals surface area contributed by atoms with Crippen LogP contribution in [0, 0.1) is 5.92 Å². The SMILES string of the molecule is NCCNC(=O)CCCCCNC(=O)c1cccc2c3c([nH]c12)[C@@H]1Oc2c(O)ccc4c2C12CCN(CC1CC1)C(C4)[C@]2(O)C3. The number of amides is 2. The zero-order chi connectivity index (χ0) is 30.9. The van der Waals surface area contributed by atoms with Gasteiger partial charge >= 0.3 is 0 Å². The van der Waals surface area contributed by atoms with Crippen molar-refractivity contribution >= 4 is 22.7 Å². The number of carbonyl (C=O) groups excluding carboxylic acids is 2. The number of nitrogens with zero attached hydrogens (tertiary/aromatic N) is 1. The average molecular weight is 614 g/mol. The minimum Gasteiger partial charge on any atom is -0.504 e. The molecule has 3 heterocycles. The molecule has 2 amide bonds. The van der Waals surface area contributed by atoms with Crippen LogP contribution in [-0.4, -0.2) is 76.3 Å². The van der Waals surface area contributed by atoms with E-state index in [4.69, 9.17) is 10.5 Å². The fraction of sp³-hybridized carbons (Fsp3) is 0.543. The van der Waals surface area contributed by atoms with Crippen molar-refractivity contribution < 1.29 is 24.5 Å². The van der Waals surface area contributed by atoms with Crippen LogP contribution in [0.1, 0.15) is 83.8 Å². The molecule has 2 bridgehead atoms. The van der Waals surface area contributed by atoms with Crippen LogP contribution in [0.3, 0.4) is 0 Å². The first-order chi connectivity index (χ1) is 21.9. The van der Waals surface area contributed by atoms with Crippen molar-refractivity contribution in [3.05, 3.63) is 58.3 Å². The van der Waals surface area contributed by atoms with Crippen LogP contribution in [0.4, 0.5) is 0 Å². The summed E-state index contributed by atoms with van der Waals surface area (Å²) in [6.07, 6.45) is 6.82. The summed E-state index contributed by atoms with van der Waals surface area (Å²) in [5, 5.41) is 30.8. The number of aromatic hydroxyl groups is 1. The van der Waals surface area contributed by atoms with Crippen LogP contribution in [0.15, 0.2) is 30.3 Å². The Morgan fingerprint density at radius 2 is 1.98 bits per heavy atom. The van der Waals surface area contributed by atoms with Gasteiger partial charge in [-0.25, -0.2) is 0 Å². The van der Waals surface area contributed by atoms with E-state index >= 15 is 0 Å². The van der Waals surface area contributed by atoms with Crippen LogP contribution >= 0.6 is 0 Å². The lowest BCUT2D eigenvalue weighted by molar-refractivity contribution is -0.173. The van der Waals surface area contributed by atoms with Gasteiger partial charge in [-0.05, 0) is 74.2 Å². The summed E-state index contributed by atoms with van der Waals surface area (Å²) in [4.78, 5) is 31.4. The number of rotatable bonds is 11. The average Bonchev–Trinajstić information content (AvgIpc) is 3.67. The molecule has 3 aliphatic carbocycles. The third kappa shape index (κ3) is 4.32. The molecule has 45 heavy (non-hydrogen) atoms. The number of phenolic OH excluding ortho intramolecular Hbond substituents is 1. The van der Waals surface area contributed by atoms with Gasteiger partial charge in [0.2, 0.25) is 5.91 Å². The second kappa shape index (κ2) is 10.7. The fourth-order valence-corrected chi connectivity index (χ4v) is 9.02. The molecule has 4 atom stereocenters. The number of para-hydroxylation sites is 1.